The van der Waals surface area contributed by atoms with Crippen LogP contribution in [0, 0.1) is 0 Å². The van der Waals surface area contributed by atoms with Gasteiger partial charge in [0.1, 0.15) is 5.75 Å². The quantitative estimate of drug-likeness (QED) is 0.571. The van der Waals surface area contributed by atoms with Crippen LogP contribution in [0.5, 0.6) is 5.75 Å². The van der Waals surface area contributed by atoms with E-state index in [1.807, 2.05) is 80.2 Å². The first-order valence-electron chi connectivity index (χ1n) is 8.99. The van der Waals surface area contributed by atoms with Gasteiger partial charge < -0.3 is 14.2 Å². The van der Waals surface area contributed by atoms with Crippen LogP contribution in [0.15, 0.2) is 59.8 Å². The van der Waals surface area contributed by atoms with E-state index in [0.717, 1.165) is 16.9 Å². The molecule has 7 heteroatoms. The summed E-state index contributed by atoms with van der Waals surface area (Å²) in [5.41, 5.74) is 1.97. The number of benzene rings is 2. The molecule has 0 aliphatic rings. The van der Waals surface area contributed by atoms with E-state index in [1.54, 1.807) is 12.0 Å². The Labute approximate surface area is 169 Å². The van der Waals surface area contributed by atoms with Gasteiger partial charge in [-0.1, -0.05) is 54.2 Å². The zero-order valence-corrected chi connectivity index (χ0v) is 17.3. The number of carbonyl (C=O) groups excluding carboxylic acids is 1. The molecule has 1 atom stereocenters. The average molecular weight is 397 g/mol. The van der Waals surface area contributed by atoms with Gasteiger partial charge in [-0.15, -0.1) is 10.2 Å². The normalized spacial score (nSPS) is 11.9. The number of hydrogen-bond donors (Lipinski definition) is 0. The minimum atomic E-state index is -0.276. The average Bonchev–Trinajstić information content (AvgIpc) is 3.08. The number of rotatable bonds is 7. The van der Waals surface area contributed by atoms with Crippen LogP contribution < -0.4 is 4.74 Å². The van der Waals surface area contributed by atoms with Crippen LogP contribution in [0.2, 0.25) is 0 Å². The zero-order valence-electron chi connectivity index (χ0n) is 16.5. The van der Waals surface area contributed by atoms with Gasteiger partial charge in [-0.2, -0.15) is 0 Å². The fourth-order valence-electron chi connectivity index (χ4n) is 2.94. The second-order valence-corrected chi connectivity index (χ2v) is 7.81. The maximum absolute atomic E-state index is 12.8. The molecule has 0 aliphatic heterocycles. The Hall–Kier alpha value is -2.80. The van der Waals surface area contributed by atoms with Gasteiger partial charge in [0.15, 0.2) is 11.0 Å². The molecular weight excluding hydrogens is 372 g/mol. The van der Waals surface area contributed by atoms with Gasteiger partial charge in [-0.05, 0) is 24.6 Å². The third-order valence-corrected chi connectivity index (χ3v) is 5.57. The summed E-state index contributed by atoms with van der Waals surface area (Å²) in [6.07, 6.45) is 0. The van der Waals surface area contributed by atoms with Crippen molar-refractivity contribution >= 4 is 17.7 Å². The van der Waals surface area contributed by atoms with E-state index in [2.05, 4.69) is 10.2 Å². The number of ether oxygens (including phenoxy) is 1. The van der Waals surface area contributed by atoms with Gasteiger partial charge >= 0.3 is 0 Å². The van der Waals surface area contributed by atoms with Gasteiger partial charge in [-0.25, -0.2) is 0 Å². The Balaban J connectivity index is 1.71. The van der Waals surface area contributed by atoms with Gasteiger partial charge in [0, 0.05) is 20.6 Å². The number of thioether (sulfide) groups is 1. The first-order valence-corrected chi connectivity index (χ1v) is 9.87. The molecule has 0 radical (unpaired) electrons. The Kier molecular flexibility index (Phi) is 6.36. The fourth-order valence-corrected chi connectivity index (χ4v) is 3.87. The van der Waals surface area contributed by atoms with Crippen molar-refractivity contribution in [1.29, 1.82) is 0 Å². The minimum Gasteiger partial charge on any atom is -0.496 e. The molecule has 6 nitrogen and oxygen atoms in total. The molecule has 2 aromatic carbocycles. The number of hydrogen-bond acceptors (Lipinski definition) is 5. The topological polar surface area (TPSA) is 60.3 Å². The molecule has 0 N–H and O–H groups in total. The Morgan fingerprint density at radius 1 is 1.14 bits per heavy atom. The molecule has 1 heterocycles. The smallest absolute Gasteiger partial charge is 0.235 e. The number of para-hydroxylation sites is 1. The monoisotopic (exact) mass is 396 g/mol. The lowest BCUT2D eigenvalue weighted by atomic mass is 10.2. The Bertz CT molecular complexity index is 943. The number of aromatic nitrogens is 3. The lowest BCUT2D eigenvalue weighted by molar-refractivity contribution is -0.129. The third-order valence-electron chi connectivity index (χ3n) is 4.45. The Morgan fingerprint density at radius 3 is 2.54 bits per heavy atom. The molecule has 0 fully saturated rings. The summed E-state index contributed by atoms with van der Waals surface area (Å²) >= 11 is 1.40. The summed E-state index contributed by atoms with van der Waals surface area (Å²) in [5.74, 6) is 1.49. The maximum Gasteiger partial charge on any atom is 0.235 e. The van der Waals surface area contributed by atoms with E-state index < -0.39 is 0 Å². The second-order valence-electron chi connectivity index (χ2n) is 6.51. The summed E-state index contributed by atoms with van der Waals surface area (Å²) < 4.78 is 7.32. The second kappa shape index (κ2) is 8.93. The van der Waals surface area contributed by atoms with Crippen molar-refractivity contribution in [2.75, 3.05) is 14.2 Å². The highest BCUT2D eigenvalue weighted by molar-refractivity contribution is 8.00. The largest absolute Gasteiger partial charge is 0.496 e. The third kappa shape index (κ3) is 4.36. The molecule has 0 aliphatic carbocycles. The van der Waals surface area contributed by atoms with Crippen molar-refractivity contribution in [2.24, 2.45) is 7.05 Å². The minimum absolute atomic E-state index is 0.0516. The van der Waals surface area contributed by atoms with Gasteiger partial charge in [0.05, 0.1) is 17.9 Å². The van der Waals surface area contributed by atoms with Crippen molar-refractivity contribution in [2.45, 2.75) is 23.9 Å². The van der Waals surface area contributed by atoms with Crippen molar-refractivity contribution in [3.05, 3.63) is 60.2 Å². The van der Waals surface area contributed by atoms with Crippen LogP contribution in [0.1, 0.15) is 12.5 Å². The van der Waals surface area contributed by atoms with E-state index in [4.69, 9.17) is 4.74 Å². The van der Waals surface area contributed by atoms with Crippen LogP contribution >= 0.6 is 11.8 Å². The van der Waals surface area contributed by atoms with Crippen LogP contribution in [0.3, 0.4) is 0 Å². The van der Waals surface area contributed by atoms with Crippen molar-refractivity contribution in [3.63, 3.8) is 0 Å². The summed E-state index contributed by atoms with van der Waals surface area (Å²) in [6.45, 7) is 2.47. The molecule has 28 heavy (non-hydrogen) atoms. The molecular formula is C21H24N4O2S. The van der Waals surface area contributed by atoms with Gasteiger partial charge in [0.2, 0.25) is 5.91 Å². The van der Waals surface area contributed by atoms with Crippen molar-refractivity contribution in [1.82, 2.24) is 19.7 Å². The molecule has 0 bridgehead atoms. The van der Waals surface area contributed by atoms with Gasteiger partial charge in [0.25, 0.3) is 0 Å². The SMILES string of the molecule is COc1ccccc1-c1nnc(S[C@@H](C)C(=O)N(C)Cc2ccccc2)n1C. The molecule has 0 saturated heterocycles. The van der Waals surface area contributed by atoms with E-state index in [0.29, 0.717) is 17.5 Å². The highest BCUT2D eigenvalue weighted by Gasteiger charge is 2.23. The van der Waals surface area contributed by atoms with Crippen LogP contribution in [-0.4, -0.2) is 45.0 Å². The van der Waals surface area contributed by atoms with Crippen LogP contribution in [0.25, 0.3) is 11.4 Å². The summed E-state index contributed by atoms with van der Waals surface area (Å²) in [7, 11) is 5.35. The number of carbonyl (C=O) groups is 1. The van der Waals surface area contributed by atoms with E-state index >= 15 is 0 Å². The van der Waals surface area contributed by atoms with Crippen LogP contribution in [-0.2, 0) is 18.4 Å². The number of amides is 1. The molecule has 0 saturated carbocycles. The van der Waals surface area contributed by atoms with E-state index in [9.17, 15) is 4.79 Å². The molecule has 3 aromatic rings. The van der Waals surface area contributed by atoms with E-state index in [1.165, 1.54) is 11.8 Å². The maximum atomic E-state index is 12.8. The highest BCUT2D eigenvalue weighted by atomic mass is 32.2. The van der Waals surface area contributed by atoms with Crippen molar-refractivity contribution in [3.8, 4) is 17.1 Å². The first-order chi connectivity index (χ1) is 13.5. The molecule has 0 spiro atoms. The van der Waals surface area contributed by atoms with E-state index in [-0.39, 0.29) is 11.2 Å². The van der Waals surface area contributed by atoms with Gasteiger partial charge in [-0.3, -0.25) is 4.79 Å². The Morgan fingerprint density at radius 2 is 1.82 bits per heavy atom. The molecule has 0 unspecified atom stereocenters. The fraction of sp³-hybridized carbons (Fsp3) is 0.286. The predicted octanol–water partition coefficient (Wildman–Crippen LogP) is 3.63. The summed E-state index contributed by atoms with van der Waals surface area (Å²) in [4.78, 5) is 14.5. The number of methoxy groups -OCH3 is 1. The predicted molar refractivity (Wildman–Crippen MR) is 111 cm³/mol. The lowest BCUT2D eigenvalue weighted by Crippen LogP contribution is -2.32. The summed E-state index contributed by atoms with van der Waals surface area (Å²) in [6, 6.07) is 17.6. The van der Waals surface area contributed by atoms with Crippen molar-refractivity contribution < 1.29 is 9.53 Å². The zero-order chi connectivity index (χ0) is 20.1. The summed E-state index contributed by atoms with van der Waals surface area (Å²) in [5, 5.41) is 9.00. The molecule has 146 valence electrons. The van der Waals surface area contributed by atoms with Crippen LogP contribution in [0.4, 0.5) is 0 Å². The molecule has 1 aromatic heterocycles. The highest BCUT2D eigenvalue weighted by Crippen LogP contribution is 2.31. The molecule has 3 rings (SSSR count). The lowest BCUT2D eigenvalue weighted by Gasteiger charge is -2.21. The first kappa shape index (κ1) is 19.9. The molecule has 1 amide bonds. The number of nitrogens with zero attached hydrogens (tertiary/aromatic N) is 4. The standard InChI is InChI=1S/C21H24N4O2S/c1-15(20(26)24(2)14-16-10-6-5-7-11-16)28-21-23-22-19(25(21)3)17-12-8-9-13-18(17)27-4/h5-13,15H,14H2,1-4H3/t15-/m0/s1.